The summed E-state index contributed by atoms with van der Waals surface area (Å²) in [6.07, 6.45) is 0. The first kappa shape index (κ1) is 20.4. The van der Waals surface area contributed by atoms with Crippen LogP contribution in [0, 0.1) is 0 Å². The monoisotopic (exact) mass is 391 g/mol. The van der Waals surface area contributed by atoms with Gasteiger partial charge in [-0.15, -0.1) is 0 Å². The van der Waals surface area contributed by atoms with Gasteiger partial charge in [-0.3, -0.25) is 9.59 Å². The molecule has 8 nitrogen and oxygen atoms in total. The van der Waals surface area contributed by atoms with Gasteiger partial charge in [0.15, 0.2) is 0 Å². The van der Waals surface area contributed by atoms with E-state index in [0.717, 1.165) is 4.31 Å². The Balaban J connectivity index is 2.40. The normalized spacial score (nSPS) is 12.4. The molecule has 1 unspecified atom stereocenters. The molecule has 144 valence electrons. The molecule has 0 aliphatic heterocycles. The van der Waals surface area contributed by atoms with E-state index in [9.17, 15) is 18.0 Å². The molecule has 9 heteroatoms. The Morgan fingerprint density at radius 3 is 2.26 bits per heavy atom. The number of carbonyl (C=O) groups is 2. The summed E-state index contributed by atoms with van der Waals surface area (Å²) in [7, 11) is 0.250. The zero-order valence-corrected chi connectivity index (χ0v) is 16.0. The van der Waals surface area contributed by atoms with Gasteiger partial charge < -0.3 is 15.8 Å². The van der Waals surface area contributed by atoms with Crippen molar-refractivity contribution in [3.05, 3.63) is 59.7 Å². The number of primary amides is 1. The van der Waals surface area contributed by atoms with Crippen molar-refractivity contribution in [1.82, 2.24) is 9.62 Å². The number of amides is 2. The van der Waals surface area contributed by atoms with E-state index in [1.54, 1.807) is 30.3 Å². The molecule has 0 spiro atoms. The van der Waals surface area contributed by atoms with Crippen LogP contribution >= 0.6 is 0 Å². The molecule has 0 bridgehead atoms. The first-order chi connectivity index (χ1) is 12.7. The van der Waals surface area contributed by atoms with Gasteiger partial charge >= 0.3 is 0 Å². The summed E-state index contributed by atoms with van der Waals surface area (Å²) < 4.78 is 31.1. The lowest BCUT2D eigenvalue weighted by molar-refractivity contribution is -0.120. The second-order valence-electron chi connectivity index (χ2n) is 5.87. The lowest BCUT2D eigenvalue weighted by atomic mass is 10.1. The van der Waals surface area contributed by atoms with Crippen LogP contribution in [-0.2, 0) is 14.8 Å². The highest BCUT2D eigenvalue weighted by atomic mass is 32.2. The summed E-state index contributed by atoms with van der Waals surface area (Å²) in [4.78, 5) is 24.2. The average Bonchev–Trinajstić information content (AvgIpc) is 2.65. The fraction of sp³-hybridized carbons (Fsp3) is 0.222. The zero-order chi connectivity index (χ0) is 20.2. The third-order valence-corrected chi connectivity index (χ3v) is 5.71. The molecule has 2 aromatic rings. The minimum atomic E-state index is -3.84. The van der Waals surface area contributed by atoms with Crippen LogP contribution in [0.15, 0.2) is 53.4 Å². The number of carbonyl (C=O) groups excluding carboxylic acids is 2. The number of nitrogens with one attached hydrogen (secondary N) is 1. The fourth-order valence-electron chi connectivity index (χ4n) is 2.39. The maximum absolute atomic E-state index is 12.6. The van der Waals surface area contributed by atoms with E-state index >= 15 is 0 Å². The Morgan fingerprint density at radius 2 is 1.74 bits per heavy atom. The fourth-order valence-corrected chi connectivity index (χ4v) is 3.47. The third kappa shape index (κ3) is 4.44. The standard InChI is InChI=1S/C18H21N3O5S/c1-21(2)27(24,25)15-11-13(9-10-14(15)26-3)18(23)20-16(17(19)22)12-7-5-4-6-8-12/h4-11,16H,1-3H3,(H2,19,22)(H,20,23). The molecular weight excluding hydrogens is 370 g/mol. The molecule has 3 N–H and O–H groups in total. The number of nitrogens with zero attached hydrogens (tertiary/aromatic N) is 1. The summed E-state index contributed by atoms with van der Waals surface area (Å²) >= 11 is 0. The first-order valence-electron chi connectivity index (χ1n) is 7.94. The molecule has 0 fully saturated rings. The van der Waals surface area contributed by atoms with Crippen LogP contribution in [0.3, 0.4) is 0 Å². The Bertz CT molecular complexity index is 943. The maximum atomic E-state index is 12.6. The number of methoxy groups -OCH3 is 1. The van der Waals surface area contributed by atoms with Gasteiger partial charge in [-0.2, -0.15) is 0 Å². The Kier molecular flexibility index (Phi) is 6.19. The van der Waals surface area contributed by atoms with Crippen molar-refractivity contribution in [3.8, 4) is 5.75 Å². The van der Waals surface area contributed by atoms with Gasteiger partial charge in [-0.25, -0.2) is 12.7 Å². The summed E-state index contributed by atoms with van der Waals surface area (Å²) in [6, 6.07) is 11.5. The van der Waals surface area contributed by atoms with Crippen LogP contribution in [-0.4, -0.2) is 45.7 Å². The molecule has 0 aromatic heterocycles. The SMILES string of the molecule is COc1ccc(C(=O)NC(C(N)=O)c2ccccc2)cc1S(=O)(=O)N(C)C. The molecular formula is C18H21N3O5S. The van der Waals surface area contributed by atoms with Crippen LogP contribution < -0.4 is 15.8 Å². The van der Waals surface area contributed by atoms with Gasteiger partial charge in [-0.05, 0) is 23.8 Å². The van der Waals surface area contributed by atoms with E-state index in [1.165, 1.54) is 39.4 Å². The molecule has 2 aromatic carbocycles. The topological polar surface area (TPSA) is 119 Å². The second-order valence-corrected chi connectivity index (χ2v) is 7.99. The number of ether oxygens (including phenoxy) is 1. The molecule has 0 saturated carbocycles. The van der Waals surface area contributed by atoms with Crippen molar-refractivity contribution >= 4 is 21.8 Å². The smallest absolute Gasteiger partial charge is 0.252 e. The van der Waals surface area contributed by atoms with E-state index in [0.29, 0.717) is 5.56 Å². The van der Waals surface area contributed by atoms with E-state index < -0.39 is 27.9 Å². The highest BCUT2D eigenvalue weighted by Gasteiger charge is 2.25. The minimum absolute atomic E-state index is 0.0541. The quantitative estimate of drug-likeness (QED) is 0.727. The van der Waals surface area contributed by atoms with Crippen LogP contribution in [0.2, 0.25) is 0 Å². The molecule has 0 saturated heterocycles. The molecule has 1 atom stereocenters. The molecule has 27 heavy (non-hydrogen) atoms. The van der Waals surface area contributed by atoms with E-state index in [4.69, 9.17) is 10.5 Å². The molecule has 2 amide bonds. The van der Waals surface area contributed by atoms with Crippen molar-refractivity contribution in [2.24, 2.45) is 5.73 Å². The number of hydrogen-bond donors (Lipinski definition) is 2. The first-order valence-corrected chi connectivity index (χ1v) is 9.38. The molecule has 0 aliphatic rings. The Labute approximate surface area is 158 Å². The lowest BCUT2D eigenvalue weighted by Gasteiger charge is -2.18. The van der Waals surface area contributed by atoms with Gasteiger partial charge in [0.2, 0.25) is 15.9 Å². The van der Waals surface area contributed by atoms with Gasteiger partial charge in [0.1, 0.15) is 16.7 Å². The molecule has 0 radical (unpaired) electrons. The number of benzene rings is 2. The Morgan fingerprint density at radius 1 is 1.11 bits per heavy atom. The highest BCUT2D eigenvalue weighted by Crippen LogP contribution is 2.27. The van der Waals surface area contributed by atoms with Crippen molar-refractivity contribution < 1.29 is 22.7 Å². The maximum Gasteiger partial charge on any atom is 0.252 e. The zero-order valence-electron chi connectivity index (χ0n) is 15.2. The third-order valence-electron chi connectivity index (χ3n) is 3.88. The van der Waals surface area contributed by atoms with Crippen molar-refractivity contribution in [3.63, 3.8) is 0 Å². The van der Waals surface area contributed by atoms with Crippen LogP contribution in [0.4, 0.5) is 0 Å². The predicted molar refractivity (Wildman–Crippen MR) is 99.7 cm³/mol. The highest BCUT2D eigenvalue weighted by molar-refractivity contribution is 7.89. The average molecular weight is 391 g/mol. The molecule has 2 rings (SSSR count). The largest absolute Gasteiger partial charge is 0.495 e. The number of hydrogen-bond acceptors (Lipinski definition) is 5. The Hall–Kier alpha value is -2.91. The second kappa shape index (κ2) is 8.19. The van der Waals surface area contributed by atoms with E-state index in [2.05, 4.69) is 5.32 Å². The van der Waals surface area contributed by atoms with Gasteiger partial charge in [0, 0.05) is 19.7 Å². The van der Waals surface area contributed by atoms with E-state index in [-0.39, 0.29) is 16.2 Å². The number of nitrogens with two attached hydrogens (primary N) is 1. The molecule has 0 aliphatic carbocycles. The van der Waals surface area contributed by atoms with Crippen molar-refractivity contribution in [2.75, 3.05) is 21.2 Å². The lowest BCUT2D eigenvalue weighted by Crippen LogP contribution is -2.37. The summed E-state index contributed by atoms with van der Waals surface area (Å²) in [5, 5.41) is 2.53. The summed E-state index contributed by atoms with van der Waals surface area (Å²) in [5.41, 5.74) is 5.98. The summed E-state index contributed by atoms with van der Waals surface area (Å²) in [6.45, 7) is 0. The number of rotatable bonds is 7. The van der Waals surface area contributed by atoms with Crippen molar-refractivity contribution in [1.29, 1.82) is 0 Å². The van der Waals surface area contributed by atoms with Crippen LogP contribution in [0.1, 0.15) is 22.0 Å². The molecule has 0 heterocycles. The van der Waals surface area contributed by atoms with Crippen LogP contribution in [0.5, 0.6) is 5.75 Å². The van der Waals surface area contributed by atoms with Crippen molar-refractivity contribution in [2.45, 2.75) is 10.9 Å². The van der Waals surface area contributed by atoms with E-state index in [1.807, 2.05) is 0 Å². The predicted octanol–water partition coefficient (Wildman–Crippen LogP) is 0.902. The van der Waals surface area contributed by atoms with Gasteiger partial charge in [-0.1, -0.05) is 30.3 Å². The van der Waals surface area contributed by atoms with Gasteiger partial charge in [0.05, 0.1) is 7.11 Å². The summed E-state index contributed by atoms with van der Waals surface area (Å²) in [5.74, 6) is -1.26. The minimum Gasteiger partial charge on any atom is -0.495 e. The van der Waals surface area contributed by atoms with Gasteiger partial charge in [0.25, 0.3) is 5.91 Å². The van der Waals surface area contributed by atoms with Crippen LogP contribution in [0.25, 0.3) is 0 Å². The number of sulfonamides is 1.